The van der Waals surface area contributed by atoms with Gasteiger partial charge in [-0.1, -0.05) is 24.6 Å². The second kappa shape index (κ2) is 7.88. The van der Waals surface area contributed by atoms with Crippen LogP contribution in [0.25, 0.3) is 0 Å². The van der Waals surface area contributed by atoms with E-state index < -0.39 is 18.6 Å². The summed E-state index contributed by atoms with van der Waals surface area (Å²) in [6, 6.07) is 5.49. The number of hydrogen-bond donors (Lipinski definition) is 2. The molecule has 1 aromatic rings. The lowest BCUT2D eigenvalue weighted by Gasteiger charge is -2.42. The van der Waals surface area contributed by atoms with Crippen molar-refractivity contribution in [1.29, 1.82) is 0 Å². The van der Waals surface area contributed by atoms with Crippen LogP contribution in [0.4, 0.5) is 23.7 Å². The average molecular weight is 344 g/mol. The summed E-state index contributed by atoms with van der Waals surface area (Å²) in [5, 5.41) is 5.31. The molecule has 7 heteroatoms. The minimum absolute atomic E-state index is 0.0536. The molecule has 134 valence electrons. The number of urea groups is 1. The Bertz CT molecular complexity index is 557. The molecular weight excluding hydrogens is 321 g/mol. The molecule has 0 aromatic heterocycles. The van der Waals surface area contributed by atoms with Crippen LogP contribution in [0.1, 0.15) is 31.2 Å². The van der Waals surface area contributed by atoms with Gasteiger partial charge in [-0.2, -0.15) is 13.2 Å². The van der Waals surface area contributed by atoms with Gasteiger partial charge in [0, 0.05) is 25.9 Å². The molecular formula is C17H23F3N2O2. The third-order valence-electron chi connectivity index (χ3n) is 4.53. The second-order valence-corrected chi connectivity index (χ2v) is 6.35. The van der Waals surface area contributed by atoms with Crippen LogP contribution >= 0.6 is 0 Å². The Balaban J connectivity index is 1.91. The molecule has 0 bridgehead atoms. The number of benzene rings is 1. The Morgan fingerprint density at radius 1 is 1.29 bits per heavy atom. The molecule has 2 N–H and O–H groups in total. The van der Waals surface area contributed by atoms with E-state index >= 15 is 0 Å². The van der Waals surface area contributed by atoms with Crippen LogP contribution in [0, 0.1) is 5.41 Å². The number of alkyl halides is 3. The quantitative estimate of drug-likeness (QED) is 0.782. The number of nitrogens with one attached hydrogen (secondary N) is 2. The topological polar surface area (TPSA) is 50.4 Å². The summed E-state index contributed by atoms with van der Waals surface area (Å²) < 4.78 is 42.9. The van der Waals surface area contributed by atoms with Crippen molar-refractivity contribution >= 4 is 11.7 Å². The molecule has 0 spiro atoms. The van der Waals surface area contributed by atoms with Gasteiger partial charge in [-0.15, -0.1) is 0 Å². The number of methoxy groups -OCH3 is 1. The Hall–Kier alpha value is -1.76. The van der Waals surface area contributed by atoms with E-state index in [2.05, 4.69) is 10.6 Å². The molecule has 24 heavy (non-hydrogen) atoms. The normalized spacial score (nSPS) is 16.3. The van der Waals surface area contributed by atoms with Gasteiger partial charge in [0.1, 0.15) is 0 Å². The molecule has 0 unspecified atom stereocenters. The van der Waals surface area contributed by atoms with Crippen LogP contribution in [0.2, 0.25) is 0 Å². The molecule has 0 heterocycles. The smallest absolute Gasteiger partial charge is 0.385 e. The van der Waals surface area contributed by atoms with Crippen LogP contribution in [-0.2, 0) is 11.2 Å². The molecule has 4 nitrogen and oxygen atoms in total. The SMILES string of the molecule is COCCC1(CNC(=O)Nc2ccccc2CC(F)(F)F)CCC1. The lowest BCUT2D eigenvalue weighted by Crippen LogP contribution is -2.44. The third-order valence-corrected chi connectivity index (χ3v) is 4.53. The predicted molar refractivity (Wildman–Crippen MR) is 86.0 cm³/mol. The maximum atomic E-state index is 12.6. The molecule has 1 aliphatic carbocycles. The van der Waals surface area contributed by atoms with E-state index in [0.29, 0.717) is 13.2 Å². The van der Waals surface area contributed by atoms with Gasteiger partial charge in [-0.3, -0.25) is 0 Å². The first-order chi connectivity index (χ1) is 11.3. The number of hydrogen-bond acceptors (Lipinski definition) is 2. The van der Waals surface area contributed by atoms with Crippen molar-refractivity contribution in [2.45, 2.75) is 38.3 Å². The Morgan fingerprint density at radius 2 is 2.00 bits per heavy atom. The lowest BCUT2D eigenvalue weighted by atomic mass is 9.67. The standard InChI is InChI=1S/C17H23F3N2O2/c1-24-10-9-16(7-4-8-16)12-21-15(23)22-14-6-3-2-5-13(14)11-17(18,19)20/h2-3,5-6H,4,7-12H2,1H3,(H2,21,22,23). The van der Waals surface area contributed by atoms with Gasteiger partial charge < -0.3 is 15.4 Å². The van der Waals surface area contributed by atoms with Gasteiger partial charge in [0.25, 0.3) is 0 Å². The Kier molecular flexibility index (Phi) is 6.10. The third kappa shape index (κ3) is 5.40. The zero-order valence-corrected chi connectivity index (χ0v) is 13.7. The number of rotatable bonds is 7. The number of halogens is 3. The molecule has 1 aliphatic rings. The molecule has 1 aromatic carbocycles. The Labute approximate surface area is 139 Å². The molecule has 0 aliphatic heterocycles. The highest BCUT2D eigenvalue weighted by atomic mass is 19.4. The number of carbonyl (C=O) groups excluding carboxylic acids is 1. The average Bonchev–Trinajstić information content (AvgIpc) is 2.46. The van der Waals surface area contributed by atoms with E-state index in [1.165, 1.54) is 18.2 Å². The second-order valence-electron chi connectivity index (χ2n) is 6.35. The summed E-state index contributed by atoms with van der Waals surface area (Å²) in [4.78, 5) is 12.1. The van der Waals surface area contributed by atoms with Crippen LogP contribution in [-0.4, -0.2) is 32.5 Å². The van der Waals surface area contributed by atoms with Crippen LogP contribution in [0.15, 0.2) is 24.3 Å². The van der Waals surface area contributed by atoms with E-state index in [9.17, 15) is 18.0 Å². The van der Waals surface area contributed by atoms with Crippen molar-refractivity contribution in [3.05, 3.63) is 29.8 Å². The van der Waals surface area contributed by atoms with Crippen molar-refractivity contribution in [3.63, 3.8) is 0 Å². The van der Waals surface area contributed by atoms with E-state index in [1.807, 2.05) is 0 Å². The molecule has 1 fully saturated rings. The number of ether oxygens (including phenoxy) is 1. The van der Waals surface area contributed by atoms with Gasteiger partial charge in [0.2, 0.25) is 0 Å². The Morgan fingerprint density at radius 3 is 2.58 bits per heavy atom. The van der Waals surface area contributed by atoms with Crippen LogP contribution < -0.4 is 10.6 Å². The number of para-hydroxylation sites is 1. The van der Waals surface area contributed by atoms with Gasteiger partial charge >= 0.3 is 12.2 Å². The fourth-order valence-electron chi connectivity index (χ4n) is 2.96. The van der Waals surface area contributed by atoms with Crippen molar-refractivity contribution in [3.8, 4) is 0 Å². The summed E-state index contributed by atoms with van der Waals surface area (Å²) in [5.41, 5.74) is 0.295. The predicted octanol–water partition coefficient (Wildman–Crippen LogP) is 4.12. The minimum Gasteiger partial charge on any atom is -0.385 e. The molecule has 1 saturated carbocycles. The van der Waals surface area contributed by atoms with Crippen molar-refractivity contribution in [1.82, 2.24) is 5.32 Å². The minimum atomic E-state index is -4.32. The summed E-state index contributed by atoms with van der Waals surface area (Å²) in [6.07, 6.45) is -1.33. The summed E-state index contributed by atoms with van der Waals surface area (Å²) >= 11 is 0. The highest BCUT2D eigenvalue weighted by molar-refractivity contribution is 5.90. The fraction of sp³-hybridized carbons (Fsp3) is 0.588. The molecule has 0 radical (unpaired) electrons. The molecule has 0 atom stereocenters. The zero-order valence-electron chi connectivity index (χ0n) is 13.7. The summed E-state index contributed by atoms with van der Waals surface area (Å²) in [7, 11) is 1.64. The first-order valence-electron chi connectivity index (χ1n) is 8.02. The van der Waals surface area contributed by atoms with Crippen molar-refractivity contribution < 1.29 is 22.7 Å². The van der Waals surface area contributed by atoms with Crippen molar-refractivity contribution in [2.24, 2.45) is 5.41 Å². The van der Waals surface area contributed by atoms with Crippen LogP contribution in [0.3, 0.4) is 0 Å². The zero-order chi connectivity index (χ0) is 17.6. The van der Waals surface area contributed by atoms with E-state index in [1.54, 1.807) is 13.2 Å². The van der Waals surface area contributed by atoms with Gasteiger partial charge in [0.15, 0.2) is 0 Å². The first-order valence-corrected chi connectivity index (χ1v) is 8.02. The highest BCUT2D eigenvalue weighted by Crippen LogP contribution is 2.43. The van der Waals surface area contributed by atoms with E-state index in [-0.39, 0.29) is 16.7 Å². The van der Waals surface area contributed by atoms with Crippen LogP contribution in [0.5, 0.6) is 0 Å². The summed E-state index contributed by atoms with van der Waals surface area (Å²) in [6.45, 7) is 1.14. The maximum absolute atomic E-state index is 12.6. The van der Waals surface area contributed by atoms with Crippen molar-refractivity contribution in [2.75, 3.05) is 25.6 Å². The first kappa shape index (κ1) is 18.6. The van der Waals surface area contributed by atoms with E-state index in [4.69, 9.17) is 4.74 Å². The van der Waals surface area contributed by atoms with Gasteiger partial charge in [0.05, 0.1) is 6.42 Å². The lowest BCUT2D eigenvalue weighted by molar-refractivity contribution is -0.127. The highest BCUT2D eigenvalue weighted by Gasteiger charge is 2.36. The molecule has 2 rings (SSSR count). The van der Waals surface area contributed by atoms with E-state index in [0.717, 1.165) is 25.7 Å². The number of anilines is 1. The molecule has 0 saturated heterocycles. The number of carbonyl (C=O) groups is 1. The molecule has 2 amide bonds. The fourth-order valence-corrected chi connectivity index (χ4v) is 2.96. The number of amides is 2. The summed E-state index contributed by atoms with van der Waals surface area (Å²) in [5.74, 6) is 0. The monoisotopic (exact) mass is 344 g/mol. The van der Waals surface area contributed by atoms with Gasteiger partial charge in [-0.05, 0) is 36.3 Å². The maximum Gasteiger partial charge on any atom is 0.393 e. The van der Waals surface area contributed by atoms with Gasteiger partial charge in [-0.25, -0.2) is 4.79 Å². The largest absolute Gasteiger partial charge is 0.393 e.